The van der Waals surface area contributed by atoms with Gasteiger partial charge in [0.25, 0.3) is 0 Å². The Hall–Kier alpha value is -0.870. The Balaban J connectivity index is 2.69. The number of rotatable bonds is 5. The third kappa shape index (κ3) is 4.48. The molecule has 17 heavy (non-hydrogen) atoms. The summed E-state index contributed by atoms with van der Waals surface area (Å²) in [5.74, 6) is 0.313. The fourth-order valence-electron chi connectivity index (χ4n) is 2.26. The summed E-state index contributed by atoms with van der Waals surface area (Å²) in [5.41, 5.74) is 0. The molecule has 0 aromatic heterocycles. The molecule has 0 amide bonds. The molecule has 0 saturated heterocycles. The number of hydrogen-bond donors (Lipinski definition) is 1. The van der Waals surface area contributed by atoms with Crippen molar-refractivity contribution in [2.24, 2.45) is 11.8 Å². The third-order valence-electron chi connectivity index (χ3n) is 3.20. The van der Waals surface area contributed by atoms with Crippen molar-refractivity contribution in [1.82, 2.24) is 0 Å². The Morgan fingerprint density at radius 3 is 2.82 bits per heavy atom. The number of aliphatic hydroxyl groups is 1. The number of hydrogen-bond acceptors (Lipinski definition) is 4. The molecular formula is C13H22O4. The molecule has 1 N–H and O–H groups in total. The standard InChI is InChI=1S/C13H22O4/c1-9-6-4-5-7-11(9)12(17-10(2)14)8-13(15)16-3/h5,7,9-12,14H,4,6,8H2,1-3H3/t9?,10?,11?,12-/m1/s1. The van der Waals surface area contributed by atoms with Crippen LogP contribution in [0.15, 0.2) is 12.2 Å². The van der Waals surface area contributed by atoms with Crippen LogP contribution < -0.4 is 0 Å². The quantitative estimate of drug-likeness (QED) is 0.454. The maximum atomic E-state index is 11.3. The topological polar surface area (TPSA) is 55.8 Å². The van der Waals surface area contributed by atoms with E-state index < -0.39 is 6.29 Å². The maximum absolute atomic E-state index is 11.3. The number of esters is 1. The minimum atomic E-state index is -0.868. The number of ether oxygens (including phenoxy) is 2. The number of carbonyl (C=O) groups is 1. The summed E-state index contributed by atoms with van der Waals surface area (Å²) < 4.78 is 10.1. The lowest BCUT2D eigenvalue weighted by atomic mass is 9.81. The van der Waals surface area contributed by atoms with Crippen molar-refractivity contribution in [3.8, 4) is 0 Å². The summed E-state index contributed by atoms with van der Waals surface area (Å²) in [6.45, 7) is 3.70. The highest BCUT2D eigenvalue weighted by Crippen LogP contribution is 2.30. The summed E-state index contributed by atoms with van der Waals surface area (Å²) >= 11 is 0. The molecule has 0 aliphatic heterocycles. The monoisotopic (exact) mass is 242 g/mol. The van der Waals surface area contributed by atoms with Gasteiger partial charge >= 0.3 is 5.97 Å². The van der Waals surface area contributed by atoms with Crippen LogP contribution in [0.5, 0.6) is 0 Å². The van der Waals surface area contributed by atoms with Gasteiger partial charge in [0.1, 0.15) is 0 Å². The molecule has 98 valence electrons. The highest BCUT2D eigenvalue weighted by molar-refractivity contribution is 5.69. The third-order valence-corrected chi connectivity index (χ3v) is 3.20. The Labute approximate surface area is 103 Å². The second-order valence-corrected chi connectivity index (χ2v) is 4.61. The van der Waals surface area contributed by atoms with Crippen molar-refractivity contribution in [2.45, 2.75) is 45.5 Å². The second-order valence-electron chi connectivity index (χ2n) is 4.61. The van der Waals surface area contributed by atoms with E-state index in [1.54, 1.807) is 6.92 Å². The first-order valence-electron chi connectivity index (χ1n) is 6.11. The summed E-state index contributed by atoms with van der Waals surface area (Å²) in [7, 11) is 1.36. The van der Waals surface area contributed by atoms with Crippen LogP contribution in [0.4, 0.5) is 0 Å². The van der Waals surface area contributed by atoms with E-state index in [1.165, 1.54) is 7.11 Å². The van der Waals surface area contributed by atoms with Crippen LogP contribution in [-0.2, 0) is 14.3 Å². The molecule has 0 spiro atoms. The van der Waals surface area contributed by atoms with E-state index in [0.29, 0.717) is 5.92 Å². The van der Waals surface area contributed by atoms with Gasteiger partial charge in [-0.3, -0.25) is 4.79 Å². The van der Waals surface area contributed by atoms with Gasteiger partial charge in [-0.05, 0) is 25.7 Å². The highest BCUT2D eigenvalue weighted by atomic mass is 16.6. The van der Waals surface area contributed by atoms with E-state index in [4.69, 9.17) is 4.74 Å². The molecule has 1 rings (SSSR count). The number of allylic oxidation sites excluding steroid dienone is 1. The zero-order valence-corrected chi connectivity index (χ0v) is 10.8. The fraction of sp³-hybridized carbons (Fsp3) is 0.769. The average molecular weight is 242 g/mol. The van der Waals surface area contributed by atoms with Gasteiger partial charge in [-0.15, -0.1) is 0 Å². The molecule has 0 heterocycles. The molecule has 0 aromatic rings. The normalized spacial score (nSPS) is 27.5. The minimum absolute atomic E-state index is 0.164. The molecule has 4 nitrogen and oxygen atoms in total. The molecule has 0 fully saturated rings. The average Bonchev–Trinajstić information content (AvgIpc) is 2.28. The zero-order valence-electron chi connectivity index (χ0n) is 10.8. The van der Waals surface area contributed by atoms with Gasteiger partial charge in [0.15, 0.2) is 6.29 Å². The Bertz CT molecular complexity index is 273. The second kappa shape index (κ2) is 6.77. The first-order chi connectivity index (χ1) is 8.04. The van der Waals surface area contributed by atoms with Crippen LogP contribution in [0.25, 0.3) is 0 Å². The van der Waals surface area contributed by atoms with Gasteiger partial charge in [-0.25, -0.2) is 0 Å². The van der Waals surface area contributed by atoms with E-state index in [2.05, 4.69) is 23.8 Å². The van der Waals surface area contributed by atoms with E-state index in [-0.39, 0.29) is 24.4 Å². The number of carbonyl (C=O) groups excluding carboxylic acids is 1. The summed E-state index contributed by atoms with van der Waals surface area (Å²) in [6.07, 6.45) is 5.35. The van der Waals surface area contributed by atoms with Crippen LogP contribution in [0.1, 0.15) is 33.1 Å². The molecule has 1 aliphatic carbocycles. The molecule has 4 atom stereocenters. The molecule has 4 heteroatoms. The van der Waals surface area contributed by atoms with E-state index in [1.807, 2.05) is 0 Å². The molecule has 3 unspecified atom stereocenters. The van der Waals surface area contributed by atoms with Crippen molar-refractivity contribution in [2.75, 3.05) is 7.11 Å². The van der Waals surface area contributed by atoms with Gasteiger partial charge in [0.05, 0.1) is 19.6 Å². The predicted molar refractivity (Wildman–Crippen MR) is 64.2 cm³/mol. The summed E-state index contributed by atoms with van der Waals surface area (Å²) in [6, 6.07) is 0. The van der Waals surface area contributed by atoms with Crippen molar-refractivity contribution in [3.05, 3.63) is 12.2 Å². The molecule has 0 saturated carbocycles. The first kappa shape index (κ1) is 14.2. The van der Waals surface area contributed by atoms with Crippen LogP contribution in [-0.4, -0.2) is 30.6 Å². The van der Waals surface area contributed by atoms with Crippen LogP contribution >= 0.6 is 0 Å². The van der Waals surface area contributed by atoms with E-state index in [9.17, 15) is 9.90 Å². The van der Waals surface area contributed by atoms with Gasteiger partial charge in [-0.1, -0.05) is 19.1 Å². The minimum Gasteiger partial charge on any atom is -0.469 e. The van der Waals surface area contributed by atoms with Crippen molar-refractivity contribution in [3.63, 3.8) is 0 Å². The molecule has 0 aromatic carbocycles. The molecular weight excluding hydrogens is 220 g/mol. The molecule has 1 aliphatic rings. The summed E-state index contributed by atoms with van der Waals surface area (Å²) in [5, 5.41) is 9.33. The fourth-order valence-corrected chi connectivity index (χ4v) is 2.26. The molecule has 0 bridgehead atoms. The highest BCUT2D eigenvalue weighted by Gasteiger charge is 2.30. The SMILES string of the molecule is COC(=O)C[C@@H](OC(C)O)C1C=CCCC1C. The smallest absolute Gasteiger partial charge is 0.308 e. The van der Waals surface area contributed by atoms with Gasteiger partial charge in [0.2, 0.25) is 0 Å². The van der Waals surface area contributed by atoms with Crippen LogP contribution in [0, 0.1) is 11.8 Å². The van der Waals surface area contributed by atoms with Crippen molar-refractivity contribution < 1.29 is 19.4 Å². The lowest BCUT2D eigenvalue weighted by molar-refractivity contribution is -0.161. The Morgan fingerprint density at radius 1 is 1.59 bits per heavy atom. The predicted octanol–water partition coefficient (Wildman–Crippen LogP) is 1.88. The number of methoxy groups -OCH3 is 1. The van der Waals surface area contributed by atoms with Crippen molar-refractivity contribution >= 4 is 5.97 Å². The largest absolute Gasteiger partial charge is 0.469 e. The maximum Gasteiger partial charge on any atom is 0.308 e. The summed E-state index contributed by atoms with van der Waals surface area (Å²) in [4.78, 5) is 11.3. The van der Waals surface area contributed by atoms with E-state index in [0.717, 1.165) is 12.8 Å². The molecule has 0 radical (unpaired) electrons. The van der Waals surface area contributed by atoms with E-state index >= 15 is 0 Å². The Kier molecular flexibility index (Phi) is 5.65. The van der Waals surface area contributed by atoms with Gasteiger partial charge < -0.3 is 14.6 Å². The lowest BCUT2D eigenvalue weighted by Gasteiger charge is -2.32. The van der Waals surface area contributed by atoms with Gasteiger partial charge in [-0.2, -0.15) is 0 Å². The zero-order chi connectivity index (χ0) is 12.8. The number of aliphatic hydroxyl groups excluding tert-OH is 1. The Morgan fingerprint density at radius 2 is 2.29 bits per heavy atom. The van der Waals surface area contributed by atoms with Crippen LogP contribution in [0.2, 0.25) is 0 Å². The lowest BCUT2D eigenvalue weighted by Crippen LogP contribution is -2.34. The van der Waals surface area contributed by atoms with Crippen LogP contribution in [0.3, 0.4) is 0 Å². The first-order valence-corrected chi connectivity index (χ1v) is 6.11. The van der Waals surface area contributed by atoms with Gasteiger partial charge in [0, 0.05) is 5.92 Å². The van der Waals surface area contributed by atoms with Crippen molar-refractivity contribution in [1.29, 1.82) is 0 Å².